The number of hydrogen-bond donors (Lipinski definition) is 2. The average molecular weight is 421 g/mol. The molecule has 0 unspecified atom stereocenters. The minimum Gasteiger partial charge on any atom is -0.497 e. The molecule has 30 heavy (non-hydrogen) atoms. The molecule has 4 aromatic rings. The maximum atomic E-state index is 11.5. The van der Waals surface area contributed by atoms with E-state index in [-0.39, 0.29) is 5.56 Å². The third-order valence-corrected chi connectivity index (χ3v) is 4.73. The molecule has 1 aromatic heterocycles. The molecule has 0 radical (unpaired) electrons. The number of carbonyl (C=O) groups is 1. The minimum absolute atomic E-state index is 0.256. The van der Waals surface area contributed by atoms with Crippen molar-refractivity contribution in [1.82, 2.24) is 4.98 Å². The van der Waals surface area contributed by atoms with E-state index < -0.39 is 5.97 Å². The quantitative estimate of drug-likeness (QED) is 0.461. The highest BCUT2D eigenvalue weighted by Crippen LogP contribution is 2.26. The third kappa shape index (κ3) is 5.14. The van der Waals surface area contributed by atoms with Crippen molar-refractivity contribution in [2.75, 3.05) is 7.11 Å². The molecule has 3 aromatic carbocycles. The number of nitrogens with two attached hydrogens (primary N) is 1. The molecule has 0 saturated heterocycles. The third-order valence-electron chi connectivity index (χ3n) is 4.48. The molecule has 0 spiro atoms. The van der Waals surface area contributed by atoms with Gasteiger partial charge in [-0.25, -0.2) is 9.78 Å². The molecule has 0 amide bonds. The van der Waals surface area contributed by atoms with Gasteiger partial charge in [0.25, 0.3) is 0 Å². The Morgan fingerprint density at radius 1 is 1.03 bits per heavy atom. The van der Waals surface area contributed by atoms with E-state index in [0.29, 0.717) is 23.1 Å². The van der Waals surface area contributed by atoms with E-state index in [1.807, 2.05) is 66.7 Å². The van der Waals surface area contributed by atoms with Crippen molar-refractivity contribution in [3.8, 4) is 17.0 Å². The first kappa shape index (κ1) is 21.3. The number of carboxylic acids is 1. The second-order valence-corrected chi connectivity index (χ2v) is 6.87. The van der Waals surface area contributed by atoms with Crippen LogP contribution in [0.1, 0.15) is 15.9 Å². The van der Waals surface area contributed by atoms with Crippen LogP contribution in [-0.2, 0) is 6.54 Å². The van der Waals surface area contributed by atoms with Crippen LogP contribution in [0.5, 0.6) is 5.75 Å². The number of benzene rings is 3. The normalized spacial score (nSPS) is 10.2. The van der Waals surface area contributed by atoms with Crippen molar-refractivity contribution in [3.63, 3.8) is 0 Å². The Labute approximate surface area is 179 Å². The highest BCUT2D eigenvalue weighted by atomic mass is 35.5. The van der Waals surface area contributed by atoms with Crippen LogP contribution in [0, 0.1) is 0 Å². The second kappa shape index (κ2) is 9.87. The standard InChI is InChI=1S/C17H13NO3.C7H8ClN/c1-21-12-8-6-11(7-9-12)16-10-14(17(19)20)13-4-2-3-5-15(13)18-16;8-7-3-1-6(5-9)2-4-7/h2-10H,1H3,(H,19,20);1-4H,5,9H2. The number of aromatic carboxylic acids is 1. The number of ether oxygens (including phenoxy) is 1. The number of pyridine rings is 1. The number of nitrogens with zero attached hydrogens (tertiary/aromatic N) is 1. The highest BCUT2D eigenvalue weighted by molar-refractivity contribution is 6.30. The van der Waals surface area contributed by atoms with Crippen LogP contribution in [0.3, 0.4) is 0 Å². The van der Waals surface area contributed by atoms with Crippen molar-refractivity contribution < 1.29 is 14.6 Å². The zero-order valence-electron chi connectivity index (χ0n) is 16.4. The molecule has 6 heteroatoms. The van der Waals surface area contributed by atoms with Gasteiger partial charge < -0.3 is 15.6 Å². The highest BCUT2D eigenvalue weighted by Gasteiger charge is 2.12. The number of aromatic nitrogens is 1. The zero-order valence-corrected chi connectivity index (χ0v) is 17.1. The fourth-order valence-electron chi connectivity index (χ4n) is 2.88. The molecule has 4 rings (SSSR count). The number of carboxylic acid groups (broad SMARTS) is 1. The fourth-order valence-corrected chi connectivity index (χ4v) is 3.01. The lowest BCUT2D eigenvalue weighted by Crippen LogP contribution is -2.00. The first-order valence-electron chi connectivity index (χ1n) is 9.24. The molecule has 3 N–H and O–H groups in total. The Morgan fingerprint density at radius 2 is 1.70 bits per heavy atom. The van der Waals surface area contributed by atoms with E-state index in [9.17, 15) is 9.90 Å². The van der Waals surface area contributed by atoms with E-state index >= 15 is 0 Å². The maximum absolute atomic E-state index is 11.5. The van der Waals surface area contributed by atoms with Crippen molar-refractivity contribution >= 4 is 28.5 Å². The topological polar surface area (TPSA) is 85.4 Å². The number of halogens is 1. The van der Waals surface area contributed by atoms with Gasteiger partial charge in [0.15, 0.2) is 0 Å². The zero-order chi connectivity index (χ0) is 21.5. The van der Waals surface area contributed by atoms with Crippen molar-refractivity contribution in [2.45, 2.75) is 6.54 Å². The Bertz CT molecular complexity index is 1140. The maximum Gasteiger partial charge on any atom is 0.336 e. The molecule has 0 aliphatic heterocycles. The van der Waals surface area contributed by atoms with Crippen molar-refractivity contribution in [3.05, 3.63) is 95.0 Å². The van der Waals surface area contributed by atoms with E-state index in [0.717, 1.165) is 21.9 Å². The predicted octanol–water partition coefficient (Wildman–Crippen LogP) is 5.41. The monoisotopic (exact) mass is 420 g/mol. The summed E-state index contributed by atoms with van der Waals surface area (Å²) >= 11 is 5.63. The van der Waals surface area contributed by atoms with Gasteiger partial charge in [-0.05, 0) is 54.1 Å². The van der Waals surface area contributed by atoms with E-state index in [1.54, 1.807) is 19.2 Å². The van der Waals surface area contributed by atoms with Crippen LogP contribution >= 0.6 is 11.6 Å². The molecule has 0 fully saturated rings. The Morgan fingerprint density at radius 3 is 2.30 bits per heavy atom. The van der Waals surface area contributed by atoms with E-state index in [4.69, 9.17) is 22.1 Å². The van der Waals surface area contributed by atoms with Gasteiger partial charge in [-0.2, -0.15) is 0 Å². The second-order valence-electron chi connectivity index (χ2n) is 6.44. The number of para-hydroxylation sites is 1. The number of methoxy groups -OCH3 is 1. The van der Waals surface area contributed by atoms with Gasteiger partial charge in [0, 0.05) is 22.5 Å². The summed E-state index contributed by atoms with van der Waals surface area (Å²) in [7, 11) is 1.60. The summed E-state index contributed by atoms with van der Waals surface area (Å²) in [5, 5.41) is 10.8. The number of hydrogen-bond acceptors (Lipinski definition) is 4. The first-order chi connectivity index (χ1) is 14.5. The van der Waals surface area contributed by atoms with Crippen LogP contribution in [0.25, 0.3) is 22.2 Å². The lowest BCUT2D eigenvalue weighted by molar-refractivity contribution is 0.0699. The van der Waals surface area contributed by atoms with Gasteiger partial charge in [0.2, 0.25) is 0 Å². The van der Waals surface area contributed by atoms with Gasteiger partial charge in [-0.3, -0.25) is 0 Å². The summed E-state index contributed by atoms with van der Waals surface area (Å²) in [4.78, 5) is 16.0. The Kier molecular flexibility index (Phi) is 7.01. The average Bonchev–Trinajstić information content (AvgIpc) is 2.79. The summed E-state index contributed by atoms with van der Waals surface area (Å²) in [5.41, 5.74) is 8.88. The smallest absolute Gasteiger partial charge is 0.336 e. The molecular weight excluding hydrogens is 400 g/mol. The number of rotatable bonds is 4. The van der Waals surface area contributed by atoms with Crippen LogP contribution < -0.4 is 10.5 Å². The SMILES string of the molecule is COc1ccc(-c2cc(C(=O)O)c3ccccc3n2)cc1.NCc1ccc(Cl)cc1. The Balaban J connectivity index is 0.000000239. The molecule has 0 atom stereocenters. The van der Waals surface area contributed by atoms with Gasteiger partial charge in [0.1, 0.15) is 5.75 Å². The summed E-state index contributed by atoms with van der Waals surface area (Å²) in [6.07, 6.45) is 0. The Hall–Kier alpha value is -3.41. The van der Waals surface area contributed by atoms with Gasteiger partial charge in [0.05, 0.1) is 23.9 Å². The van der Waals surface area contributed by atoms with E-state index in [2.05, 4.69) is 4.98 Å². The van der Waals surface area contributed by atoms with E-state index in [1.165, 1.54) is 0 Å². The largest absolute Gasteiger partial charge is 0.497 e. The molecule has 152 valence electrons. The first-order valence-corrected chi connectivity index (χ1v) is 9.61. The van der Waals surface area contributed by atoms with Crippen LogP contribution in [0.2, 0.25) is 5.02 Å². The molecular formula is C24H21ClN2O3. The summed E-state index contributed by atoms with van der Waals surface area (Å²) < 4.78 is 5.12. The predicted molar refractivity (Wildman–Crippen MR) is 120 cm³/mol. The van der Waals surface area contributed by atoms with Crippen LogP contribution in [0.15, 0.2) is 78.9 Å². The molecule has 1 heterocycles. The summed E-state index contributed by atoms with van der Waals surface area (Å²) in [5.74, 6) is -0.207. The van der Waals surface area contributed by atoms with Crippen LogP contribution in [0.4, 0.5) is 0 Å². The minimum atomic E-state index is -0.955. The molecule has 0 bridgehead atoms. The molecule has 0 saturated carbocycles. The molecule has 0 aliphatic rings. The van der Waals surface area contributed by atoms with Gasteiger partial charge in [-0.15, -0.1) is 0 Å². The number of fused-ring (bicyclic) bond motifs is 1. The fraction of sp³-hybridized carbons (Fsp3) is 0.0833. The lowest BCUT2D eigenvalue weighted by Gasteiger charge is -2.07. The molecule has 0 aliphatic carbocycles. The van der Waals surface area contributed by atoms with Gasteiger partial charge in [-0.1, -0.05) is 41.9 Å². The lowest BCUT2D eigenvalue weighted by atomic mass is 10.0. The molecule has 5 nitrogen and oxygen atoms in total. The van der Waals surface area contributed by atoms with Crippen molar-refractivity contribution in [2.24, 2.45) is 5.73 Å². The van der Waals surface area contributed by atoms with Crippen molar-refractivity contribution in [1.29, 1.82) is 0 Å². The van der Waals surface area contributed by atoms with Gasteiger partial charge >= 0.3 is 5.97 Å². The van der Waals surface area contributed by atoms with Crippen LogP contribution in [-0.4, -0.2) is 23.2 Å². The summed E-state index contributed by atoms with van der Waals surface area (Å²) in [6, 6.07) is 23.7. The summed E-state index contributed by atoms with van der Waals surface area (Å²) in [6.45, 7) is 0.581.